The molecule has 1 aliphatic carbocycles. The zero-order valence-corrected chi connectivity index (χ0v) is 12.3. The standard InChI is InChI=1S/C16H24N2O2/c1-19-15-9-8-12(11-16(15)20-2)10-14(18-17)13-6-4-3-5-7-13/h6,8-9,11,14,18H,3-5,7,10,17H2,1-2H3. The Morgan fingerprint density at radius 3 is 2.60 bits per heavy atom. The van der Waals surface area contributed by atoms with Gasteiger partial charge in [0.2, 0.25) is 0 Å². The molecule has 1 aliphatic rings. The minimum Gasteiger partial charge on any atom is -0.493 e. The third kappa shape index (κ3) is 3.52. The first-order valence-electron chi connectivity index (χ1n) is 7.14. The molecule has 3 N–H and O–H groups in total. The molecule has 0 saturated heterocycles. The largest absolute Gasteiger partial charge is 0.493 e. The van der Waals surface area contributed by atoms with Gasteiger partial charge in [-0.1, -0.05) is 17.7 Å². The van der Waals surface area contributed by atoms with Crippen LogP contribution in [-0.4, -0.2) is 20.3 Å². The number of allylic oxidation sites excluding steroid dienone is 1. The summed E-state index contributed by atoms with van der Waals surface area (Å²) in [7, 11) is 3.30. The van der Waals surface area contributed by atoms with Crippen LogP contribution in [0.15, 0.2) is 29.8 Å². The molecule has 1 unspecified atom stereocenters. The van der Waals surface area contributed by atoms with Crippen molar-refractivity contribution in [2.24, 2.45) is 5.84 Å². The van der Waals surface area contributed by atoms with Crippen molar-refractivity contribution in [3.8, 4) is 11.5 Å². The maximum atomic E-state index is 5.73. The van der Waals surface area contributed by atoms with Crippen molar-refractivity contribution in [1.29, 1.82) is 0 Å². The molecule has 1 aromatic carbocycles. The predicted octanol–water partition coefficient (Wildman–Crippen LogP) is 2.58. The molecule has 0 aliphatic heterocycles. The Bertz CT molecular complexity index is 472. The van der Waals surface area contributed by atoms with Crippen molar-refractivity contribution >= 4 is 0 Å². The molecule has 0 radical (unpaired) electrons. The molecule has 0 heterocycles. The molecule has 110 valence electrons. The summed E-state index contributed by atoms with van der Waals surface area (Å²) in [4.78, 5) is 0. The van der Waals surface area contributed by atoms with Gasteiger partial charge < -0.3 is 9.47 Å². The number of hydrogen-bond donors (Lipinski definition) is 2. The molecule has 4 nitrogen and oxygen atoms in total. The minimum atomic E-state index is 0.202. The maximum Gasteiger partial charge on any atom is 0.160 e. The lowest BCUT2D eigenvalue weighted by Crippen LogP contribution is -2.38. The lowest BCUT2D eigenvalue weighted by atomic mass is 9.90. The zero-order valence-electron chi connectivity index (χ0n) is 12.3. The lowest BCUT2D eigenvalue weighted by Gasteiger charge is -2.23. The monoisotopic (exact) mass is 276 g/mol. The van der Waals surface area contributed by atoms with Gasteiger partial charge in [-0.3, -0.25) is 11.3 Å². The van der Waals surface area contributed by atoms with E-state index in [9.17, 15) is 0 Å². The number of nitrogens with two attached hydrogens (primary N) is 1. The fourth-order valence-corrected chi connectivity index (χ4v) is 2.72. The highest BCUT2D eigenvalue weighted by molar-refractivity contribution is 5.43. The summed E-state index contributed by atoms with van der Waals surface area (Å²) in [5.74, 6) is 7.25. The molecule has 0 aromatic heterocycles. The van der Waals surface area contributed by atoms with E-state index in [0.29, 0.717) is 0 Å². The molecular weight excluding hydrogens is 252 g/mol. The lowest BCUT2D eigenvalue weighted by molar-refractivity contribution is 0.354. The predicted molar refractivity (Wildman–Crippen MR) is 80.9 cm³/mol. The van der Waals surface area contributed by atoms with Crippen LogP contribution in [0.25, 0.3) is 0 Å². The molecule has 4 heteroatoms. The molecule has 0 spiro atoms. The molecular formula is C16H24N2O2. The normalized spacial score (nSPS) is 16.4. The number of methoxy groups -OCH3 is 2. The van der Waals surface area contributed by atoms with Crippen molar-refractivity contribution in [2.45, 2.75) is 38.1 Å². The fraction of sp³-hybridized carbons (Fsp3) is 0.500. The number of nitrogens with one attached hydrogen (secondary N) is 1. The first-order valence-corrected chi connectivity index (χ1v) is 7.14. The second kappa shape index (κ2) is 7.31. The average Bonchev–Trinajstić information content (AvgIpc) is 2.53. The quantitative estimate of drug-likeness (QED) is 0.476. The van der Waals surface area contributed by atoms with Crippen molar-refractivity contribution in [2.75, 3.05) is 14.2 Å². The zero-order chi connectivity index (χ0) is 14.4. The maximum absolute atomic E-state index is 5.73. The SMILES string of the molecule is COc1ccc(CC(NN)C2=CCCCC2)cc1OC. The highest BCUT2D eigenvalue weighted by atomic mass is 16.5. The molecule has 0 amide bonds. The van der Waals surface area contributed by atoms with Gasteiger partial charge in [-0.15, -0.1) is 0 Å². The molecule has 0 saturated carbocycles. The van der Waals surface area contributed by atoms with Crippen molar-refractivity contribution in [1.82, 2.24) is 5.43 Å². The van der Waals surface area contributed by atoms with E-state index in [-0.39, 0.29) is 6.04 Å². The Morgan fingerprint density at radius 1 is 1.20 bits per heavy atom. The Hall–Kier alpha value is -1.52. The summed E-state index contributed by atoms with van der Waals surface area (Å²) in [5, 5.41) is 0. The Labute approximate surface area is 120 Å². The Morgan fingerprint density at radius 2 is 2.00 bits per heavy atom. The van der Waals surface area contributed by atoms with E-state index in [4.69, 9.17) is 15.3 Å². The van der Waals surface area contributed by atoms with E-state index in [1.165, 1.54) is 30.4 Å². The van der Waals surface area contributed by atoms with E-state index in [1.54, 1.807) is 14.2 Å². The van der Waals surface area contributed by atoms with Gasteiger partial charge >= 0.3 is 0 Å². The molecule has 0 bridgehead atoms. The van der Waals surface area contributed by atoms with Crippen LogP contribution in [0.4, 0.5) is 0 Å². The van der Waals surface area contributed by atoms with Crippen molar-refractivity contribution in [3.63, 3.8) is 0 Å². The van der Waals surface area contributed by atoms with Crippen LogP contribution >= 0.6 is 0 Å². The first kappa shape index (κ1) is 14.9. The highest BCUT2D eigenvalue weighted by Crippen LogP contribution is 2.29. The fourth-order valence-electron chi connectivity index (χ4n) is 2.72. The van der Waals surface area contributed by atoms with Gasteiger partial charge in [0.05, 0.1) is 14.2 Å². The number of hydrogen-bond acceptors (Lipinski definition) is 4. The summed E-state index contributed by atoms with van der Waals surface area (Å²) < 4.78 is 10.6. The van der Waals surface area contributed by atoms with Gasteiger partial charge in [0.1, 0.15) is 0 Å². The highest BCUT2D eigenvalue weighted by Gasteiger charge is 2.16. The minimum absolute atomic E-state index is 0.202. The topological polar surface area (TPSA) is 56.5 Å². The van der Waals surface area contributed by atoms with E-state index >= 15 is 0 Å². The third-order valence-corrected chi connectivity index (χ3v) is 3.86. The van der Waals surface area contributed by atoms with E-state index in [0.717, 1.165) is 24.3 Å². The van der Waals surface area contributed by atoms with Crippen molar-refractivity contribution < 1.29 is 9.47 Å². The van der Waals surface area contributed by atoms with Crippen LogP contribution in [0.3, 0.4) is 0 Å². The third-order valence-electron chi connectivity index (χ3n) is 3.86. The Kier molecular flexibility index (Phi) is 5.44. The average molecular weight is 276 g/mol. The summed E-state index contributed by atoms with van der Waals surface area (Å²) in [6, 6.07) is 6.23. The van der Waals surface area contributed by atoms with Crippen LogP contribution in [0, 0.1) is 0 Å². The molecule has 1 atom stereocenters. The van der Waals surface area contributed by atoms with Gasteiger partial charge in [-0.2, -0.15) is 0 Å². The number of rotatable bonds is 6. The van der Waals surface area contributed by atoms with Crippen molar-refractivity contribution in [3.05, 3.63) is 35.4 Å². The number of hydrazine groups is 1. The van der Waals surface area contributed by atoms with E-state index < -0.39 is 0 Å². The molecule has 1 aromatic rings. The molecule has 0 fully saturated rings. The van der Waals surface area contributed by atoms with Gasteiger partial charge in [0, 0.05) is 6.04 Å². The van der Waals surface area contributed by atoms with Crippen LogP contribution in [0.1, 0.15) is 31.2 Å². The van der Waals surface area contributed by atoms with Gasteiger partial charge in [-0.25, -0.2) is 0 Å². The second-order valence-corrected chi connectivity index (χ2v) is 5.14. The number of ether oxygens (including phenoxy) is 2. The van der Waals surface area contributed by atoms with Gasteiger partial charge in [-0.05, 0) is 49.8 Å². The van der Waals surface area contributed by atoms with E-state index in [2.05, 4.69) is 17.6 Å². The summed E-state index contributed by atoms with van der Waals surface area (Å²) >= 11 is 0. The first-order chi connectivity index (χ1) is 9.78. The number of benzene rings is 1. The molecule has 2 rings (SSSR count). The summed E-state index contributed by atoms with van der Waals surface area (Å²) in [6.45, 7) is 0. The van der Waals surface area contributed by atoms with Crippen LogP contribution in [-0.2, 0) is 6.42 Å². The van der Waals surface area contributed by atoms with E-state index in [1.807, 2.05) is 12.1 Å². The molecule has 20 heavy (non-hydrogen) atoms. The summed E-state index contributed by atoms with van der Waals surface area (Å²) in [5.41, 5.74) is 5.56. The second-order valence-electron chi connectivity index (χ2n) is 5.14. The van der Waals surface area contributed by atoms with Crippen LogP contribution in [0.2, 0.25) is 0 Å². The van der Waals surface area contributed by atoms with Gasteiger partial charge in [0.15, 0.2) is 11.5 Å². The Balaban J connectivity index is 2.13. The van der Waals surface area contributed by atoms with Crippen LogP contribution < -0.4 is 20.7 Å². The van der Waals surface area contributed by atoms with Crippen LogP contribution in [0.5, 0.6) is 11.5 Å². The smallest absolute Gasteiger partial charge is 0.160 e. The summed E-state index contributed by atoms with van der Waals surface area (Å²) in [6.07, 6.45) is 8.05. The van der Waals surface area contributed by atoms with Gasteiger partial charge in [0.25, 0.3) is 0 Å².